The molecule has 7 nitrogen and oxygen atoms in total. The van der Waals surface area contributed by atoms with Gasteiger partial charge in [-0.25, -0.2) is 13.8 Å². The van der Waals surface area contributed by atoms with Gasteiger partial charge in [-0.05, 0) is 35.9 Å². The number of carbonyl (C=O) groups is 1. The van der Waals surface area contributed by atoms with Crippen LogP contribution in [0.25, 0.3) is 33.2 Å². The van der Waals surface area contributed by atoms with Crippen molar-refractivity contribution in [2.75, 3.05) is 6.54 Å². The Morgan fingerprint density at radius 3 is 2.66 bits per heavy atom. The van der Waals surface area contributed by atoms with Crippen molar-refractivity contribution in [3.8, 4) is 22.4 Å². The summed E-state index contributed by atoms with van der Waals surface area (Å²) < 4.78 is 32.3. The van der Waals surface area contributed by atoms with Crippen LogP contribution in [-0.2, 0) is 24.9 Å². The Bertz CT molecular complexity index is 1450. The largest absolute Gasteiger partial charge is 0.335 e. The van der Waals surface area contributed by atoms with Crippen LogP contribution in [0.15, 0.2) is 36.9 Å². The molecule has 180 valence electrons. The molecular weight excluding hydrogens is 450 g/mol. The topological polar surface area (TPSA) is 68.8 Å². The number of amides is 1. The van der Waals surface area contributed by atoms with Gasteiger partial charge >= 0.3 is 0 Å². The van der Waals surface area contributed by atoms with Crippen LogP contribution in [0.5, 0.6) is 0 Å². The number of aromatic nitrogens is 5. The van der Waals surface area contributed by atoms with E-state index in [1.165, 1.54) is 0 Å². The number of benzene rings is 1. The van der Waals surface area contributed by atoms with Gasteiger partial charge in [-0.2, -0.15) is 5.10 Å². The fourth-order valence-electron chi connectivity index (χ4n) is 5.12. The lowest BCUT2D eigenvalue weighted by molar-refractivity contribution is -0.132. The third-order valence-electron chi connectivity index (χ3n) is 7.07. The molecule has 9 heteroatoms. The monoisotopic (exact) mass is 476 g/mol. The summed E-state index contributed by atoms with van der Waals surface area (Å²) in [7, 11) is 1.76. The Balaban J connectivity index is 1.54. The zero-order valence-corrected chi connectivity index (χ0v) is 19.7. The average Bonchev–Trinajstić information content (AvgIpc) is 3.51. The van der Waals surface area contributed by atoms with Gasteiger partial charge in [0.1, 0.15) is 5.82 Å². The van der Waals surface area contributed by atoms with E-state index in [9.17, 15) is 13.6 Å². The van der Waals surface area contributed by atoms with Crippen molar-refractivity contribution in [1.29, 1.82) is 0 Å². The van der Waals surface area contributed by atoms with Crippen LogP contribution >= 0.6 is 0 Å². The Morgan fingerprint density at radius 1 is 1.14 bits per heavy atom. The van der Waals surface area contributed by atoms with Crippen molar-refractivity contribution >= 4 is 16.7 Å². The maximum atomic E-state index is 14.2. The van der Waals surface area contributed by atoms with Gasteiger partial charge in [-0.3, -0.25) is 14.5 Å². The minimum Gasteiger partial charge on any atom is -0.335 e. The lowest BCUT2D eigenvalue weighted by Gasteiger charge is -2.29. The smallest absolute Gasteiger partial charge is 0.264 e. The van der Waals surface area contributed by atoms with Crippen LogP contribution < -0.4 is 0 Å². The predicted octanol–water partition coefficient (Wildman–Crippen LogP) is 5.07. The first-order valence-corrected chi connectivity index (χ1v) is 12.0. The maximum Gasteiger partial charge on any atom is 0.264 e. The normalized spacial score (nSPS) is 15.7. The summed E-state index contributed by atoms with van der Waals surface area (Å²) in [5.41, 5.74) is 3.47. The molecule has 1 saturated carbocycles. The number of pyridine rings is 1. The molecule has 35 heavy (non-hydrogen) atoms. The van der Waals surface area contributed by atoms with E-state index in [-0.39, 0.29) is 11.5 Å². The lowest BCUT2D eigenvalue weighted by atomic mass is 9.95. The van der Waals surface area contributed by atoms with Gasteiger partial charge in [-0.15, -0.1) is 0 Å². The van der Waals surface area contributed by atoms with E-state index in [4.69, 9.17) is 4.98 Å². The van der Waals surface area contributed by atoms with E-state index in [2.05, 4.69) is 14.6 Å². The van der Waals surface area contributed by atoms with Crippen LogP contribution in [0.3, 0.4) is 0 Å². The van der Waals surface area contributed by atoms with Gasteiger partial charge in [0.25, 0.3) is 6.43 Å². The molecular formula is C26H26F2N6O. The number of hydrogen-bond acceptors (Lipinski definition) is 4. The van der Waals surface area contributed by atoms with Crippen molar-refractivity contribution in [1.82, 2.24) is 29.2 Å². The van der Waals surface area contributed by atoms with Crippen molar-refractivity contribution < 1.29 is 13.6 Å². The van der Waals surface area contributed by atoms with Crippen molar-refractivity contribution in [3.05, 3.63) is 54.0 Å². The molecule has 1 aromatic carbocycles. The van der Waals surface area contributed by atoms with Gasteiger partial charge in [0, 0.05) is 73.1 Å². The molecule has 4 heterocycles. The molecule has 6 rings (SSSR count). The summed E-state index contributed by atoms with van der Waals surface area (Å²) >= 11 is 0. The number of aryl methyl sites for hydroxylation is 1. The van der Waals surface area contributed by atoms with E-state index in [1.807, 2.05) is 11.8 Å². The molecule has 1 aliphatic heterocycles. The fraction of sp³-hybridized carbons (Fsp3) is 0.385. The van der Waals surface area contributed by atoms with E-state index in [0.717, 1.165) is 41.0 Å². The Morgan fingerprint density at radius 2 is 1.97 bits per heavy atom. The van der Waals surface area contributed by atoms with Crippen LogP contribution in [0.2, 0.25) is 0 Å². The van der Waals surface area contributed by atoms with Gasteiger partial charge in [0.05, 0.1) is 24.1 Å². The molecule has 1 aliphatic carbocycles. The number of carbonyl (C=O) groups excluding carboxylic acids is 1. The fourth-order valence-corrected chi connectivity index (χ4v) is 5.12. The van der Waals surface area contributed by atoms with Crippen LogP contribution in [0, 0.1) is 0 Å². The summed E-state index contributed by atoms with van der Waals surface area (Å²) in [4.78, 5) is 23.8. The highest BCUT2D eigenvalue weighted by molar-refractivity contribution is 5.98. The molecule has 0 saturated heterocycles. The second kappa shape index (κ2) is 8.25. The summed E-state index contributed by atoms with van der Waals surface area (Å²) in [6.07, 6.45) is 6.74. The second-order valence-corrected chi connectivity index (χ2v) is 9.41. The van der Waals surface area contributed by atoms with E-state index in [1.54, 1.807) is 48.6 Å². The quantitative estimate of drug-likeness (QED) is 0.404. The van der Waals surface area contributed by atoms with Crippen LogP contribution in [-0.4, -0.2) is 41.7 Å². The summed E-state index contributed by atoms with van der Waals surface area (Å²) in [6, 6.07) is 3.33. The minimum absolute atomic E-state index is 0.0452. The summed E-state index contributed by atoms with van der Waals surface area (Å²) in [5.74, 6) is 1.57. The van der Waals surface area contributed by atoms with Crippen molar-refractivity contribution in [3.63, 3.8) is 0 Å². The molecule has 0 radical (unpaired) electrons. The highest BCUT2D eigenvalue weighted by Crippen LogP contribution is 2.44. The summed E-state index contributed by atoms with van der Waals surface area (Å²) in [5, 5.41) is 5.60. The molecule has 0 bridgehead atoms. The number of halogens is 2. The minimum atomic E-state index is -2.65. The molecule has 0 atom stereocenters. The highest BCUT2D eigenvalue weighted by atomic mass is 19.3. The SMILES string of the molecule is CCC(=O)N1CCn2c(C3CC3)nc(-c3cncc4cc(-c5cnn(C)c5)c(C(F)F)cc34)c2C1. The van der Waals surface area contributed by atoms with E-state index in [0.29, 0.717) is 48.5 Å². The van der Waals surface area contributed by atoms with Crippen molar-refractivity contribution in [2.45, 2.75) is 51.6 Å². The number of nitrogens with zero attached hydrogens (tertiary/aromatic N) is 6. The van der Waals surface area contributed by atoms with Gasteiger partial charge in [0.2, 0.25) is 5.91 Å². The van der Waals surface area contributed by atoms with E-state index < -0.39 is 6.43 Å². The first-order valence-electron chi connectivity index (χ1n) is 12.0. The molecule has 0 spiro atoms. The molecule has 4 aromatic rings. The van der Waals surface area contributed by atoms with E-state index >= 15 is 0 Å². The van der Waals surface area contributed by atoms with Gasteiger partial charge in [-0.1, -0.05) is 6.92 Å². The number of imidazole rings is 1. The second-order valence-electron chi connectivity index (χ2n) is 9.41. The average molecular weight is 477 g/mol. The standard InChI is InChI=1S/C26H26F2N6O/c1-3-23(35)33-6-7-34-22(14-33)24(31-26(34)15-4-5-15)21-12-29-10-16-8-18(17-11-30-32(2)13-17)20(25(27)28)9-19(16)21/h8-13,15,25H,3-7,14H2,1-2H3. The number of fused-ring (bicyclic) bond motifs is 2. The summed E-state index contributed by atoms with van der Waals surface area (Å²) in [6.45, 7) is 3.69. The Kier molecular flexibility index (Phi) is 5.16. The predicted molar refractivity (Wildman–Crippen MR) is 128 cm³/mol. The van der Waals surface area contributed by atoms with Crippen LogP contribution in [0.1, 0.15) is 55.6 Å². The third-order valence-corrected chi connectivity index (χ3v) is 7.07. The molecule has 1 amide bonds. The molecule has 0 unspecified atom stereocenters. The first-order chi connectivity index (χ1) is 16.9. The number of alkyl halides is 2. The first kappa shape index (κ1) is 21.9. The molecule has 2 aliphatic rings. The molecule has 3 aromatic heterocycles. The number of rotatable bonds is 5. The third kappa shape index (κ3) is 3.69. The van der Waals surface area contributed by atoms with Crippen molar-refractivity contribution in [2.24, 2.45) is 7.05 Å². The Hall–Kier alpha value is -3.62. The Labute approximate surface area is 201 Å². The maximum absolute atomic E-state index is 14.2. The molecule has 1 fully saturated rings. The van der Waals surface area contributed by atoms with Gasteiger partial charge in [0.15, 0.2) is 0 Å². The van der Waals surface area contributed by atoms with Crippen LogP contribution in [0.4, 0.5) is 8.78 Å². The number of hydrogen-bond donors (Lipinski definition) is 0. The zero-order chi connectivity index (χ0) is 24.3. The highest BCUT2D eigenvalue weighted by Gasteiger charge is 2.34. The molecule has 0 N–H and O–H groups in total. The van der Waals surface area contributed by atoms with Gasteiger partial charge < -0.3 is 9.47 Å². The lowest BCUT2D eigenvalue weighted by Crippen LogP contribution is -2.38. The zero-order valence-electron chi connectivity index (χ0n) is 19.7.